The van der Waals surface area contributed by atoms with E-state index < -0.39 is 18.2 Å². The third kappa shape index (κ3) is 30.6. The first-order valence-corrected chi connectivity index (χ1v) is 18.6. The zero-order chi connectivity index (χ0) is 31.6. The van der Waals surface area contributed by atoms with Crippen LogP contribution >= 0.6 is 0 Å². The van der Waals surface area contributed by atoms with Crippen molar-refractivity contribution in [2.45, 2.75) is 205 Å². The van der Waals surface area contributed by atoms with Gasteiger partial charge >= 0.3 is 0 Å². The number of hydrogen-bond donors (Lipinski definition) is 4. The van der Waals surface area contributed by atoms with Gasteiger partial charge in [-0.15, -0.1) is 0 Å². The van der Waals surface area contributed by atoms with E-state index in [9.17, 15) is 20.1 Å². The quantitative estimate of drug-likeness (QED) is 0.0441. The van der Waals surface area contributed by atoms with E-state index >= 15 is 0 Å². The van der Waals surface area contributed by atoms with Gasteiger partial charge in [0.2, 0.25) is 5.91 Å². The molecule has 0 aromatic rings. The molecular weight excluding hydrogens is 534 g/mol. The minimum atomic E-state index is -0.931. The van der Waals surface area contributed by atoms with Crippen LogP contribution in [0, 0.1) is 0 Å². The van der Waals surface area contributed by atoms with E-state index in [2.05, 4.69) is 31.3 Å². The Labute approximate surface area is 267 Å². The molecule has 0 bridgehead atoms. The van der Waals surface area contributed by atoms with E-state index in [0.717, 1.165) is 32.1 Å². The molecule has 0 spiro atoms. The first-order chi connectivity index (χ1) is 21.0. The molecule has 0 rings (SSSR count). The monoisotopic (exact) mass is 608 g/mol. The molecule has 1 amide bonds. The van der Waals surface area contributed by atoms with Crippen LogP contribution in [0.25, 0.3) is 0 Å². The Bertz CT molecular complexity index is 635. The summed E-state index contributed by atoms with van der Waals surface area (Å²) in [7, 11) is 0. The van der Waals surface area contributed by atoms with Gasteiger partial charge in [-0.3, -0.25) is 4.79 Å². The second-order valence-corrected chi connectivity index (χ2v) is 12.8. The average Bonchev–Trinajstić information content (AvgIpc) is 3.00. The van der Waals surface area contributed by atoms with Crippen molar-refractivity contribution in [2.24, 2.45) is 0 Å². The average molecular weight is 608 g/mol. The van der Waals surface area contributed by atoms with Gasteiger partial charge in [0, 0.05) is 0 Å². The minimum Gasteiger partial charge on any atom is -0.394 e. The molecule has 0 radical (unpaired) electrons. The summed E-state index contributed by atoms with van der Waals surface area (Å²) in [6.45, 7) is 4.18. The molecule has 5 heteroatoms. The Morgan fingerprint density at radius 2 is 0.977 bits per heavy atom. The van der Waals surface area contributed by atoms with E-state index in [4.69, 9.17) is 0 Å². The predicted molar refractivity (Wildman–Crippen MR) is 185 cm³/mol. The van der Waals surface area contributed by atoms with Crippen LogP contribution in [0.2, 0.25) is 0 Å². The molecule has 0 aliphatic carbocycles. The van der Waals surface area contributed by atoms with E-state index in [0.29, 0.717) is 6.42 Å². The second kappa shape index (κ2) is 33.7. The Morgan fingerprint density at radius 1 is 0.581 bits per heavy atom. The highest BCUT2D eigenvalue weighted by molar-refractivity contribution is 5.76. The Hall–Kier alpha value is -1.17. The molecule has 0 fully saturated rings. The zero-order valence-electron chi connectivity index (χ0n) is 28.6. The van der Waals surface area contributed by atoms with Gasteiger partial charge in [-0.1, -0.05) is 160 Å². The number of rotatable bonds is 33. The normalized spacial score (nSPS) is 14.1. The Balaban J connectivity index is 3.75. The molecule has 0 aromatic heterocycles. The van der Waals surface area contributed by atoms with Crippen LogP contribution < -0.4 is 5.32 Å². The topological polar surface area (TPSA) is 89.8 Å². The molecule has 4 N–H and O–H groups in total. The maximum absolute atomic E-state index is 12.3. The van der Waals surface area contributed by atoms with E-state index in [1.54, 1.807) is 6.08 Å². The van der Waals surface area contributed by atoms with E-state index in [-0.39, 0.29) is 18.9 Å². The Kier molecular flexibility index (Phi) is 32.8. The molecule has 5 nitrogen and oxygen atoms in total. The van der Waals surface area contributed by atoms with Crippen molar-refractivity contribution in [2.75, 3.05) is 6.61 Å². The standard InChI is InChI=1S/C38H73NO4/c1-3-5-7-9-11-13-15-16-17-18-19-20-22-24-26-28-30-32-37(42)36(34-40)39-38(43)33-35(41)31-29-27-25-23-21-14-12-10-8-6-4-2/h23,25,30,32,35-37,40-42H,3-22,24,26-29,31,33-34H2,1-2H3,(H,39,43)/b25-23-,32-30+. The van der Waals surface area contributed by atoms with E-state index in [1.165, 1.54) is 128 Å². The highest BCUT2D eigenvalue weighted by atomic mass is 16.3. The van der Waals surface area contributed by atoms with Crippen LogP contribution in [0.5, 0.6) is 0 Å². The highest BCUT2D eigenvalue weighted by Crippen LogP contribution is 2.14. The maximum atomic E-state index is 12.3. The van der Waals surface area contributed by atoms with Gasteiger partial charge in [0.15, 0.2) is 0 Å². The molecule has 0 aliphatic heterocycles. The number of carbonyl (C=O) groups excluding carboxylic acids is 1. The van der Waals surface area contributed by atoms with Crippen molar-refractivity contribution in [1.29, 1.82) is 0 Å². The lowest BCUT2D eigenvalue weighted by molar-refractivity contribution is -0.124. The first-order valence-electron chi connectivity index (χ1n) is 18.6. The fraction of sp³-hybridized carbons (Fsp3) is 0.868. The van der Waals surface area contributed by atoms with Crippen LogP contribution in [-0.4, -0.2) is 46.1 Å². The van der Waals surface area contributed by atoms with Crippen LogP contribution in [0.4, 0.5) is 0 Å². The van der Waals surface area contributed by atoms with Crippen LogP contribution in [-0.2, 0) is 4.79 Å². The third-order valence-electron chi connectivity index (χ3n) is 8.48. The van der Waals surface area contributed by atoms with Crippen LogP contribution in [0.3, 0.4) is 0 Å². The number of carbonyl (C=O) groups is 1. The van der Waals surface area contributed by atoms with E-state index in [1.807, 2.05) is 6.08 Å². The summed E-state index contributed by atoms with van der Waals surface area (Å²) in [6, 6.07) is -0.748. The number of amides is 1. The summed E-state index contributed by atoms with van der Waals surface area (Å²) >= 11 is 0. The second-order valence-electron chi connectivity index (χ2n) is 12.8. The van der Waals surface area contributed by atoms with Crippen molar-refractivity contribution in [3.05, 3.63) is 24.3 Å². The predicted octanol–water partition coefficient (Wildman–Crippen LogP) is 9.87. The van der Waals surface area contributed by atoms with Gasteiger partial charge in [-0.2, -0.15) is 0 Å². The van der Waals surface area contributed by atoms with Crippen LogP contribution in [0.15, 0.2) is 24.3 Å². The lowest BCUT2D eigenvalue weighted by atomic mass is 10.0. The van der Waals surface area contributed by atoms with Gasteiger partial charge in [0.25, 0.3) is 0 Å². The molecule has 254 valence electrons. The van der Waals surface area contributed by atoms with Crippen molar-refractivity contribution in [3.8, 4) is 0 Å². The molecule has 43 heavy (non-hydrogen) atoms. The number of allylic oxidation sites excluding steroid dienone is 3. The van der Waals surface area contributed by atoms with Gasteiger partial charge in [-0.25, -0.2) is 0 Å². The number of hydrogen-bond acceptors (Lipinski definition) is 4. The summed E-state index contributed by atoms with van der Waals surface area (Å²) in [6.07, 6.45) is 38.8. The van der Waals surface area contributed by atoms with Gasteiger partial charge in [-0.05, 0) is 44.9 Å². The zero-order valence-corrected chi connectivity index (χ0v) is 28.6. The van der Waals surface area contributed by atoms with Crippen molar-refractivity contribution in [3.63, 3.8) is 0 Å². The maximum Gasteiger partial charge on any atom is 0.222 e. The lowest BCUT2D eigenvalue weighted by Crippen LogP contribution is -2.45. The fourth-order valence-corrected chi connectivity index (χ4v) is 5.57. The number of aliphatic hydroxyl groups is 3. The van der Waals surface area contributed by atoms with Crippen molar-refractivity contribution in [1.82, 2.24) is 5.32 Å². The number of nitrogens with one attached hydrogen (secondary N) is 1. The summed E-state index contributed by atoms with van der Waals surface area (Å²) in [5, 5.41) is 33.0. The lowest BCUT2D eigenvalue weighted by Gasteiger charge is -2.20. The summed E-state index contributed by atoms with van der Waals surface area (Å²) < 4.78 is 0. The molecule has 3 atom stereocenters. The molecule has 0 aromatic carbocycles. The summed E-state index contributed by atoms with van der Waals surface area (Å²) in [5.74, 6) is -0.333. The van der Waals surface area contributed by atoms with Crippen LogP contribution in [0.1, 0.15) is 187 Å². The summed E-state index contributed by atoms with van der Waals surface area (Å²) in [4.78, 5) is 12.3. The summed E-state index contributed by atoms with van der Waals surface area (Å²) in [5.41, 5.74) is 0. The van der Waals surface area contributed by atoms with Gasteiger partial charge in [0.05, 0.1) is 31.3 Å². The van der Waals surface area contributed by atoms with Gasteiger partial charge in [0.1, 0.15) is 0 Å². The third-order valence-corrected chi connectivity index (χ3v) is 8.48. The largest absolute Gasteiger partial charge is 0.394 e. The fourth-order valence-electron chi connectivity index (χ4n) is 5.57. The minimum absolute atomic E-state index is 0.00642. The molecule has 0 aliphatic rings. The Morgan fingerprint density at radius 3 is 1.42 bits per heavy atom. The molecule has 0 heterocycles. The molecular formula is C38H73NO4. The smallest absolute Gasteiger partial charge is 0.222 e. The first kappa shape index (κ1) is 41.8. The molecule has 3 unspecified atom stereocenters. The number of aliphatic hydroxyl groups excluding tert-OH is 3. The number of unbranched alkanes of at least 4 members (excludes halogenated alkanes) is 22. The molecule has 0 saturated carbocycles. The van der Waals surface area contributed by atoms with Crippen molar-refractivity contribution < 1.29 is 20.1 Å². The highest BCUT2D eigenvalue weighted by Gasteiger charge is 2.20. The SMILES string of the molecule is CCCCCCCC/C=C\CCCC(O)CC(=O)NC(CO)C(O)/C=C/CCCCCCCCCCCCCCCCC. The van der Waals surface area contributed by atoms with Gasteiger partial charge < -0.3 is 20.6 Å². The van der Waals surface area contributed by atoms with Crippen molar-refractivity contribution >= 4 is 5.91 Å². The molecule has 0 saturated heterocycles.